The average molecular weight is 324 g/mol. The molecule has 0 saturated carbocycles. The van der Waals surface area contributed by atoms with Crippen LogP contribution in [0.2, 0.25) is 0 Å². The van der Waals surface area contributed by atoms with Crippen molar-refractivity contribution in [1.29, 1.82) is 0 Å². The molecule has 0 saturated heterocycles. The van der Waals surface area contributed by atoms with Crippen LogP contribution in [0.3, 0.4) is 0 Å². The first-order chi connectivity index (χ1) is 11.6. The van der Waals surface area contributed by atoms with Crippen LogP contribution in [0.25, 0.3) is 22.4 Å². The Hall–Kier alpha value is -2.82. The molecule has 0 fully saturated rings. The summed E-state index contributed by atoms with van der Waals surface area (Å²) in [6.07, 6.45) is 1.000. The van der Waals surface area contributed by atoms with E-state index >= 15 is 0 Å². The van der Waals surface area contributed by atoms with E-state index in [2.05, 4.69) is 11.5 Å². The molecule has 5 heteroatoms. The number of carboxylic acids is 1. The first-order valence-electron chi connectivity index (χ1n) is 7.97. The molecule has 0 aliphatic rings. The minimum Gasteiger partial charge on any atom is -0.497 e. The van der Waals surface area contributed by atoms with Crippen molar-refractivity contribution in [3.63, 3.8) is 0 Å². The lowest BCUT2D eigenvalue weighted by atomic mass is 10.1. The highest BCUT2D eigenvalue weighted by Crippen LogP contribution is 2.27. The van der Waals surface area contributed by atoms with Crippen LogP contribution in [-0.2, 0) is 17.8 Å². The van der Waals surface area contributed by atoms with E-state index in [1.165, 1.54) is 0 Å². The maximum Gasteiger partial charge on any atom is 0.307 e. The summed E-state index contributed by atoms with van der Waals surface area (Å²) in [4.78, 5) is 15.7. The predicted octanol–water partition coefficient (Wildman–Crippen LogP) is 3.75. The number of benzene rings is 2. The van der Waals surface area contributed by atoms with Gasteiger partial charge in [-0.25, -0.2) is 4.98 Å². The number of rotatable bonds is 6. The second-order valence-corrected chi connectivity index (χ2v) is 5.71. The van der Waals surface area contributed by atoms with E-state index in [4.69, 9.17) is 14.8 Å². The van der Waals surface area contributed by atoms with Crippen LogP contribution in [0, 0.1) is 0 Å². The molecule has 0 bridgehead atoms. The third kappa shape index (κ3) is 3.11. The lowest BCUT2D eigenvalue weighted by molar-refractivity contribution is -0.136. The van der Waals surface area contributed by atoms with Crippen LogP contribution in [0.4, 0.5) is 0 Å². The highest BCUT2D eigenvalue weighted by molar-refractivity contribution is 5.82. The molecule has 0 unspecified atom stereocenters. The number of nitrogens with zero attached hydrogens (tertiary/aromatic N) is 2. The Bertz CT molecular complexity index is 866. The molecule has 24 heavy (non-hydrogen) atoms. The van der Waals surface area contributed by atoms with Crippen molar-refractivity contribution in [1.82, 2.24) is 9.55 Å². The van der Waals surface area contributed by atoms with Gasteiger partial charge in [0.2, 0.25) is 0 Å². The minimum absolute atomic E-state index is 0.00838. The zero-order valence-electron chi connectivity index (χ0n) is 13.8. The predicted molar refractivity (Wildman–Crippen MR) is 93.4 cm³/mol. The maximum absolute atomic E-state index is 10.9. The van der Waals surface area contributed by atoms with Crippen molar-refractivity contribution >= 4 is 17.0 Å². The lowest BCUT2D eigenvalue weighted by Crippen LogP contribution is -2.01. The van der Waals surface area contributed by atoms with E-state index in [-0.39, 0.29) is 6.42 Å². The Morgan fingerprint density at radius 1 is 1.21 bits per heavy atom. The molecule has 0 aliphatic heterocycles. The van der Waals surface area contributed by atoms with Gasteiger partial charge >= 0.3 is 5.97 Å². The summed E-state index contributed by atoms with van der Waals surface area (Å²) in [5, 5.41) is 8.97. The molecule has 0 atom stereocenters. The monoisotopic (exact) mass is 324 g/mol. The maximum atomic E-state index is 10.9. The van der Waals surface area contributed by atoms with Crippen molar-refractivity contribution in [3.05, 3.63) is 48.0 Å². The van der Waals surface area contributed by atoms with Gasteiger partial charge in [-0.2, -0.15) is 0 Å². The Morgan fingerprint density at radius 2 is 1.96 bits per heavy atom. The van der Waals surface area contributed by atoms with E-state index in [0.717, 1.165) is 46.7 Å². The number of carboxylic acid groups (broad SMARTS) is 1. The highest BCUT2D eigenvalue weighted by Gasteiger charge is 2.13. The molecular formula is C19H20N2O3. The summed E-state index contributed by atoms with van der Waals surface area (Å²) in [7, 11) is 1.64. The molecule has 0 aliphatic carbocycles. The van der Waals surface area contributed by atoms with Crippen LogP contribution in [-0.4, -0.2) is 27.7 Å². The van der Waals surface area contributed by atoms with Gasteiger partial charge in [0.1, 0.15) is 11.6 Å². The van der Waals surface area contributed by atoms with Crippen molar-refractivity contribution < 1.29 is 14.6 Å². The van der Waals surface area contributed by atoms with E-state index in [9.17, 15) is 4.79 Å². The van der Waals surface area contributed by atoms with Gasteiger partial charge in [0.15, 0.2) is 0 Å². The minimum atomic E-state index is -0.835. The number of imidazole rings is 1. The Morgan fingerprint density at radius 3 is 2.58 bits per heavy atom. The Kier molecular flexibility index (Phi) is 4.51. The van der Waals surface area contributed by atoms with Crippen LogP contribution in [0.15, 0.2) is 42.5 Å². The van der Waals surface area contributed by atoms with Gasteiger partial charge in [-0.15, -0.1) is 0 Å². The molecular weight excluding hydrogens is 304 g/mol. The fourth-order valence-corrected chi connectivity index (χ4v) is 2.87. The van der Waals surface area contributed by atoms with E-state index < -0.39 is 5.97 Å². The van der Waals surface area contributed by atoms with E-state index in [1.807, 2.05) is 42.5 Å². The molecule has 3 aromatic rings. The topological polar surface area (TPSA) is 64.4 Å². The van der Waals surface area contributed by atoms with Gasteiger partial charge in [-0.05, 0) is 48.4 Å². The second kappa shape index (κ2) is 6.74. The third-order valence-corrected chi connectivity index (χ3v) is 3.96. The van der Waals surface area contributed by atoms with Crippen LogP contribution >= 0.6 is 0 Å². The van der Waals surface area contributed by atoms with Gasteiger partial charge < -0.3 is 14.4 Å². The fraction of sp³-hybridized carbons (Fsp3) is 0.263. The van der Waals surface area contributed by atoms with Gasteiger partial charge in [0.25, 0.3) is 0 Å². The number of aryl methyl sites for hydroxylation is 1. The molecule has 1 aromatic heterocycles. The number of aliphatic carboxylic acids is 1. The lowest BCUT2D eigenvalue weighted by Gasteiger charge is -2.08. The van der Waals surface area contributed by atoms with Gasteiger partial charge in [0.05, 0.1) is 24.6 Å². The average Bonchev–Trinajstić information content (AvgIpc) is 2.93. The zero-order chi connectivity index (χ0) is 17.1. The molecule has 1 N–H and O–H groups in total. The number of aromatic nitrogens is 2. The van der Waals surface area contributed by atoms with Gasteiger partial charge in [0, 0.05) is 12.1 Å². The molecule has 124 valence electrons. The number of fused-ring (bicyclic) bond motifs is 1. The van der Waals surface area contributed by atoms with Crippen LogP contribution in [0.5, 0.6) is 5.75 Å². The summed E-state index contributed by atoms with van der Waals surface area (Å²) in [6, 6.07) is 13.5. The molecule has 2 aromatic carbocycles. The molecule has 0 spiro atoms. The standard InChI is InChI=1S/C19H20N2O3/c1-3-10-21-17-9-4-13(12-18(22)23)11-16(17)20-19(21)14-5-7-15(24-2)8-6-14/h4-9,11H,3,10,12H2,1-2H3,(H,22,23). The third-order valence-electron chi connectivity index (χ3n) is 3.96. The van der Waals surface area contributed by atoms with Crippen molar-refractivity contribution in [2.45, 2.75) is 26.3 Å². The molecule has 1 heterocycles. The van der Waals surface area contributed by atoms with Crippen LogP contribution < -0.4 is 4.74 Å². The van der Waals surface area contributed by atoms with Crippen molar-refractivity contribution in [2.75, 3.05) is 7.11 Å². The first-order valence-corrected chi connectivity index (χ1v) is 7.97. The van der Waals surface area contributed by atoms with E-state index in [0.29, 0.717) is 0 Å². The Balaban J connectivity index is 2.10. The Labute approximate surface area is 140 Å². The molecule has 0 radical (unpaired) electrons. The fourth-order valence-electron chi connectivity index (χ4n) is 2.87. The highest BCUT2D eigenvalue weighted by atomic mass is 16.5. The van der Waals surface area contributed by atoms with Crippen molar-refractivity contribution in [3.8, 4) is 17.1 Å². The van der Waals surface area contributed by atoms with Gasteiger partial charge in [-0.3, -0.25) is 4.79 Å². The molecule has 3 rings (SSSR count). The zero-order valence-corrected chi connectivity index (χ0v) is 13.8. The number of hydrogen-bond acceptors (Lipinski definition) is 3. The SMILES string of the molecule is CCCn1c(-c2ccc(OC)cc2)nc2cc(CC(=O)O)ccc21. The molecule has 5 nitrogen and oxygen atoms in total. The second-order valence-electron chi connectivity index (χ2n) is 5.71. The largest absolute Gasteiger partial charge is 0.497 e. The summed E-state index contributed by atoms with van der Waals surface area (Å²) in [5.41, 5.74) is 3.63. The normalized spacial score (nSPS) is 10.9. The summed E-state index contributed by atoms with van der Waals surface area (Å²) in [5.74, 6) is 0.861. The number of hydrogen-bond donors (Lipinski definition) is 1. The first kappa shape index (κ1) is 16.1. The molecule has 0 amide bonds. The summed E-state index contributed by atoms with van der Waals surface area (Å²) >= 11 is 0. The number of carbonyl (C=O) groups is 1. The van der Waals surface area contributed by atoms with Gasteiger partial charge in [-0.1, -0.05) is 13.0 Å². The number of methoxy groups -OCH3 is 1. The summed E-state index contributed by atoms with van der Waals surface area (Å²) < 4.78 is 7.39. The number of ether oxygens (including phenoxy) is 1. The van der Waals surface area contributed by atoms with Crippen molar-refractivity contribution in [2.24, 2.45) is 0 Å². The summed E-state index contributed by atoms with van der Waals surface area (Å²) in [6.45, 7) is 2.98. The van der Waals surface area contributed by atoms with E-state index in [1.54, 1.807) is 7.11 Å². The quantitative estimate of drug-likeness (QED) is 0.750. The smallest absolute Gasteiger partial charge is 0.307 e. The van der Waals surface area contributed by atoms with Crippen LogP contribution in [0.1, 0.15) is 18.9 Å².